The van der Waals surface area contributed by atoms with Crippen LogP contribution in [0.1, 0.15) is 69.9 Å². The summed E-state index contributed by atoms with van der Waals surface area (Å²) in [5.41, 5.74) is -0.248. The lowest BCUT2D eigenvalue weighted by atomic mass is 9.62. The van der Waals surface area contributed by atoms with Crippen molar-refractivity contribution in [1.82, 2.24) is 5.32 Å². The lowest BCUT2D eigenvalue weighted by molar-refractivity contribution is -0.123. The first-order valence-electron chi connectivity index (χ1n) is 13.7. The van der Waals surface area contributed by atoms with Crippen LogP contribution in [0.3, 0.4) is 0 Å². The average Bonchev–Trinajstić information content (AvgIpc) is 3.49. The molecule has 1 saturated heterocycles. The number of phosphoric acid groups is 1. The van der Waals surface area contributed by atoms with Crippen LogP contribution < -0.4 is 10.6 Å². The maximum atomic E-state index is 15.9. The highest BCUT2D eigenvalue weighted by Gasteiger charge is 2.66. The molecule has 1 spiro atoms. The first-order valence-corrected chi connectivity index (χ1v) is 16.0. The highest BCUT2D eigenvalue weighted by molar-refractivity contribution is 7.46. The molecule has 4 N–H and O–H groups in total. The van der Waals surface area contributed by atoms with E-state index in [-0.39, 0.29) is 40.0 Å². The number of halogens is 3. The van der Waals surface area contributed by atoms with E-state index in [0.717, 1.165) is 0 Å². The van der Waals surface area contributed by atoms with Gasteiger partial charge in [-0.15, -0.1) is 0 Å². The second kappa shape index (κ2) is 11.0. The van der Waals surface area contributed by atoms with Gasteiger partial charge in [-0.2, -0.15) is 0 Å². The molecule has 0 bridgehead atoms. The Hall–Kier alpha value is -1.84. The lowest BCUT2D eigenvalue weighted by Gasteiger charge is -2.37. The topological polar surface area (TPSA) is 125 Å². The van der Waals surface area contributed by atoms with Crippen LogP contribution in [0.2, 0.25) is 10.0 Å². The summed E-state index contributed by atoms with van der Waals surface area (Å²) in [7, 11) is -4.65. The first-order chi connectivity index (χ1) is 19.1. The van der Waals surface area contributed by atoms with E-state index in [2.05, 4.69) is 10.6 Å². The summed E-state index contributed by atoms with van der Waals surface area (Å²) in [5, 5.41) is 6.77. The number of benzene rings is 2. The van der Waals surface area contributed by atoms with Gasteiger partial charge in [0.05, 0.1) is 17.2 Å². The number of carbonyl (C=O) groups is 2. The molecule has 0 radical (unpaired) electrons. The minimum absolute atomic E-state index is 0.0881. The Morgan fingerprint density at radius 2 is 1.93 bits per heavy atom. The fourth-order valence-electron chi connectivity index (χ4n) is 7.12. The molecule has 1 aliphatic carbocycles. The van der Waals surface area contributed by atoms with Crippen LogP contribution in [0.25, 0.3) is 0 Å². The van der Waals surface area contributed by atoms with Gasteiger partial charge < -0.3 is 20.4 Å². The number of nitrogens with one attached hydrogen (secondary N) is 2. The van der Waals surface area contributed by atoms with Crippen molar-refractivity contribution in [2.45, 2.75) is 82.4 Å². The van der Waals surface area contributed by atoms with Crippen molar-refractivity contribution in [3.8, 4) is 0 Å². The van der Waals surface area contributed by atoms with Gasteiger partial charge in [-0.1, -0.05) is 62.2 Å². The second-order valence-electron chi connectivity index (χ2n) is 12.7. The Labute approximate surface area is 248 Å². The summed E-state index contributed by atoms with van der Waals surface area (Å²) in [6.45, 7) is 6.13. The molecule has 3 aliphatic rings. The Morgan fingerprint density at radius 3 is 2.61 bits per heavy atom. The number of phosphoric ester groups is 1. The van der Waals surface area contributed by atoms with Crippen LogP contribution in [-0.2, 0) is 24.1 Å². The van der Waals surface area contributed by atoms with Gasteiger partial charge in [-0.25, -0.2) is 8.96 Å². The van der Waals surface area contributed by atoms with Gasteiger partial charge in [-0.05, 0) is 66.3 Å². The van der Waals surface area contributed by atoms with Crippen molar-refractivity contribution in [2.24, 2.45) is 11.3 Å². The standard InChI is InChI=1S/C29H34Cl2FN2O6P/c1-28(2,3)14-23-29(19-10-8-16(30)13-21(19)33-27(29)36)24(18-5-4-6-20(31)25(18)32)26(34-23)22(35)12-15-7-9-17(11-15)40-41(37,38)39/h4-6,8,10,13,15,17,23-24,26,34H,7,9,11-12,14H2,1-3H3,(H,33,36)(H2,37,38,39)/t15?,17-,23-,24+,26+,29+/m1/s1. The second-order valence-corrected chi connectivity index (χ2v) is 14.7. The number of carbonyl (C=O) groups excluding carboxylic acids is 2. The van der Waals surface area contributed by atoms with E-state index in [1.165, 1.54) is 6.07 Å². The van der Waals surface area contributed by atoms with Crippen molar-refractivity contribution in [2.75, 3.05) is 5.32 Å². The van der Waals surface area contributed by atoms with E-state index >= 15 is 4.39 Å². The van der Waals surface area contributed by atoms with E-state index < -0.39 is 43.2 Å². The molecule has 1 saturated carbocycles. The first kappa shape index (κ1) is 30.6. The van der Waals surface area contributed by atoms with Gasteiger partial charge in [0, 0.05) is 29.1 Å². The molecule has 2 heterocycles. The monoisotopic (exact) mass is 626 g/mol. The van der Waals surface area contributed by atoms with Gasteiger partial charge >= 0.3 is 7.82 Å². The zero-order chi connectivity index (χ0) is 29.9. The van der Waals surface area contributed by atoms with E-state index in [0.29, 0.717) is 42.0 Å². The zero-order valence-corrected chi connectivity index (χ0v) is 25.4. The maximum Gasteiger partial charge on any atom is 0.469 e. The van der Waals surface area contributed by atoms with Gasteiger partial charge in [0.15, 0.2) is 5.78 Å². The number of rotatable bonds is 7. The number of hydrogen-bond donors (Lipinski definition) is 4. The molecule has 2 aromatic rings. The number of anilines is 1. The van der Waals surface area contributed by atoms with Gasteiger partial charge in [0.2, 0.25) is 5.91 Å². The molecule has 12 heteroatoms. The molecule has 41 heavy (non-hydrogen) atoms. The van der Waals surface area contributed by atoms with Crippen LogP contribution >= 0.6 is 31.0 Å². The molecule has 2 aliphatic heterocycles. The molecule has 5 rings (SSSR count). The number of fused-ring (bicyclic) bond motifs is 2. The minimum Gasteiger partial charge on any atom is -0.325 e. The van der Waals surface area contributed by atoms with Crippen LogP contribution in [0.4, 0.5) is 10.1 Å². The number of ketones is 1. The molecule has 222 valence electrons. The van der Waals surface area contributed by atoms with E-state index in [4.69, 9.17) is 27.7 Å². The number of hydrogen-bond acceptors (Lipinski definition) is 5. The van der Waals surface area contributed by atoms with Crippen molar-refractivity contribution < 1.29 is 32.9 Å². The third kappa shape index (κ3) is 5.87. The third-order valence-electron chi connectivity index (χ3n) is 8.55. The quantitative estimate of drug-likeness (QED) is 0.273. The van der Waals surface area contributed by atoms with Crippen LogP contribution in [0.5, 0.6) is 0 Å². The number of Topliss-reactive ketones (excluding diaryl/α,β-unsaturated/α-hetero) is 1. The van der Waals surface area contributed by atoms with Crippen molar-refractivity contribution >= 4 is 48.4 Å². The summed E-state index contributed by atoms with van der Waals surface area (Å²) < 4.78 is 32.1. The SMILES string of the molecule is CC(C)(C)C[C@H]1N[C@@H](C(=O)CC2CC[C@@H](OP(=O)(O)O)C2)[C@H](c2cccc(Cl)c2F)[C@@]12C(=O)Nc1cc(Cl)ccc12. The van der Waals surface area contributed by atoms with Crippen LogP contribution in [0.15, 0.2) is 36.4 Å². The molecular weight excluding hydrogens is 593 g/mol. The van der Waals surface area contributed by atoms with Crippen molar-refractivity contribution in [3.63, 3.8) is 0 Å². The summed E-state index contributed by atoms with van der Waals surface area (Å²) in [6.07, 6.45) is 1.23. The fourth-order valence-corrected chi connectivity index (χ4v) is 8.05. The molecule has 2 aromatic carbocycles. The fraction of sp³-hybridized carbons (Fsp3) is 0.517. The highest BCUT2D eigenvalue weighted by atomic mass is 35.5. The van der Waals surface area contributed by atoms with Crippen LogP contribution in [-0.4, -0.2) is 39.7 Å². The lowest BCUT2D eigenvalue weighted by Crippen LogP contribution is -2.49. The Balaban J connectivity index is 1.60. The van der Waals surface area contributed by atoms with E-state index in [1.807, 2.05) is 20.8 Å². The molecule has 2 fully saturated rings. The normalized spacial score (nSPS) is 29.7. The zero-order valence-electron chi connectivity index (χ0n) is 23.0. The Morgan fingerprint density at radius 1 is 1.20 bits per heavy atom. The maximum absolute atomic E-state index is 15.9. The Kier molecular flexibility index (Phi) is 8.23. The van der Waals surface area contributed by atoms with E-state index in [9.17, 15) is 23.9 Å². The summed E-state index contributed by atoms with van der Waals surface area (Å²) >= 11 is 12.5. The smallest absolute Gasteiger partial charge is 0.325 e. The largest absolute Gasteiger partial charge is 0.469 e. The molecule has 1 amide bonds. The molecule has 0 aromatic heterocycles. The molecule has 6 atom stereocenters. The molecule has 1 unspecified atom stereocenters. The summed E-state index contributed by atoms with van der Waals surface area (Å²) in [6, 6.07) is 8.30. The van der Waals surface area contributed by atoms with Gasteiger partial charge in [0.1, 0.15) is 11.2 Å². The molecule has 8 nitrogen and oxygen atoms in total. The summed E-state index contributed by atoms with van der Waals surface area (Å²) in [4.78, 5) is 46.7. The van der Waals surface area contributed by atoms with Crippen LogP contribution in [0, 0.1) is 17.2 Å². The predicted molar refractivity (Wildman–Crippen MR) is 155 cm³/mol. The average molecular weight is 627 g/mol. The van der Waals surface area contributed by atoms with E-state index in [1.54, 1.807) is 30.3 Å². The number of amides is 1. The Bertz CT molecular complexity index is 1430. The molecular formula is C29H34Cl2FN2O6P. The highest BCUT2D eigenvalue weighted by Crippen LogP contribution is 2.57. The van der Waals surface area contributed by atoms with Gasteiger partial charge in [0.25, 0.3) is 0 Å². The van der Waals surface area contributed by atoms with Crippen molar-refractivity contribution in [1.29, 1.82) is 0 Å². The van der Waals surface area contributed by atoms with Gasteiger partial charge in [-0.3, -0.25) is 14.1 Å². The third-order valence-corrected chi connectivity index (χ3v) is 9.65. The summed E-state index contributed by atoms with van der Waals surface area (Å²) in [5.74, 6) is -2.33. The minimum atomic E-state index is -4.65. The predicted octanol–water partition coefficient (Wildman–Crippen LogP) is 6.12. The van der Waals surface area contributed by atoms with Crippen molar-refractivity contribution in [3.05, 3.63) is 63.4 Å².